The van der Waals surface area contributed by atoms with Crippen LogP contribution in [0.5, 0.6) is 0 Å². The Hall–Kier alpha value is -3.69. The number of benzene rings is 2. The molecule has 33 heavy (non-hydrogen) atoms. The number of nitrogens with zero attached hydrogens (tertiary/aromatic N) is 3. The molecule has 0 bridgehead atoms. The first-order valence-corrected chi connectivity index (χ1v) is 11.7. The fraction of sp³-hybridized carbons (Fsp3) is 0.167. The Labute approximate surface area is 192 Å². The summed E-state index contributed by atoms with van der Waals surface area (Å²) in [5.74, 6) is 0.912. The second-order valence-electron chi connectivity index (χ2n) is 7.70. The van der Waals surface area contributed by atoms with Gasteiger partial charge in [-0.2, -0.15) is 5.10 Å². The normalized spacial score (nSPS) is 11.6. The lowest BCUT2D eigenvalue weighted by Gasteiger charge is -2.12. The number of para-hydroxylation sites is 1. The van der Waals surface area contributed by atoms with Gasteiger partial charge < -0.3 is 9.73 Å². The van der Waals surface area contributed by atoms with Crippen LogP contribution in [0.1, 0.15) is 21.7 Å². The molecule has 2 aromatic heterocycles. The van der Waals surface area contributed by atoms with E-state index in [1.807, 2.05) is 43.3 Å². The summed E-state index contributed by atoms with van der Waals surface area (Å²) in [6, 6.07) is 19.5. The molecular weight excluding hydrogens is 440 g/mol. The van der Waals surface area contributed by atoms with E-state index in [1.165, 1.54) is 26.2 Å². The lowest BCUT2D eigenvalue weighted by molar-refractivity contribution is 0.0951. The summed E-state index contributed by atoms with van der Waals surface area (Å²) >= 11 is 0. The van der Waals surface area contributed by atoms with E-state index in [1.54, 1.807) is 29.1 Å². The first-order valence-electron chi connectivity index (χ1n) is 10.3. The lowest BCUT2D eigenvalue weighted by Crippen LogP contribution is -2.23. The van der Waals surface area contributed by atoms with Crippen LogP contribution in [0.4, 0.5) is 0 Å². The number of furan rings is 1. The molecule has 0 unspecified atom stereocenters. The van der Waals surface area contributed by atoms with Gasteiger partial charge in [0.25, 0.3) is 5.91 Å². The maximum Gasteiger partial charge on any atom is 0.255 e. The highest BCUT2D eigenvalue weighted by Gasteiger charge is 2.21. The molecule has 0 aliphatic heterocycles. The number of aryl methyl sites for hydroxylation is 1. The Morgan fingerprint density at radius 2 is 1.73 bits per heavy atom. The quantitative estimate of drug-likeness (QED) is 0.451. The largest absolute Gasteiger partial charge is 0.460 e. The molecule has 170 valence electrons. The summed E-state index contributed by atoms with van der Waals surface area (Å²) in [4.78, 5) is 13.3. The maximum absolute atomic E-state index is 13.1. The number of carbonyl (C=O) groups excluding carboxylic acids is 1. The Balaban J connectivity index is 1.57. The van der Waals surface area contributed by atoms with Gasteiger partial charge in [-0.05, 0) is 48.9 Å². The van der Waals surface area contributed by atoms with Gasteiger partial charge in [0, 0.05) is 26.8 Å². The van der Waals surface area contributed by atoms with Crippen LogP contribution in [0.15, 0.2) is 82.2 Å². The molecule has 1 N–H and O–H groups in total. The molecule has 2 aromatic carbocycles. The van der Waals surface area contributed by atoms with Crippen molar-refractivity contribution in [1.82, 2.24) is 19.4 Å². The van der Waals surface area contributed by atoms with Crippen LogP contribution in [0.3, 0.4) is 0 Å². The van der Waals surface area contributed by atoms with Crippen LogP contribution in [0, 0.1) is 6.92 Å². The Bertz CT molecular complexity index is 1370. The van der Waals surface area contributed by atoms with Crippen molar-refractivity contribution in [2.24, 2.45) is 0 Å². The Kier molecular flexibility index (Phi) is 6.17. The van der Waals surface area contributed by atoms with E-state index in [-0.39, 0.29) is 17.3 Å². The molecule has 4 aromatic rings. The lowest BCUT2D eigenvalue weighted by atomic mass is 10.2. The molecule has 1 amide bonds. The van der Waals surface area contributed by atoms with E-state index >= 15 is 0 Å². The van der Waals surface area contributed by atoms with Crippen LogP contribution < -0.4 is 5.32 Å². The van der Waals surface area contributed by atoms with Gasteiger partial charge in [0.1, 0.15) is 11.5 Å². The van der Waals surface area contributed by atoms with Crippen LogP contribution in [-0.4, -0.2) is 42.5 Å². The highest BCUT2D eigenvalue weighted by atomic mass is 32.2. The molecule has 2 heterocycles. The number of nitrogens with one attached hydrogen (secondary N) is 1. The fourth-order valence-electron chi connectivity index (χ4n) is 3.26. The molecule has 8 nitrogen and oxygen atoms in total. The molecule has 0 aliphatic rings. The minimum atomic E-state index is -3.50. The molecule has 0 radical (unpaired) electrons. The molecule has 0 saturated carbocycles. The van der Waals surface area contributed by atoms with E-state index in [0.717, 1.165) is 21.3 Å². The summed E-state index contributed by atoms with van der Waals surface area (Å²) < 4.78 is 33.0. The summed E-state index contributed by atoms with van der Waals surface area (Å²) in [6.07, 6.45) is 1.67. The molecule has 9 heteroatoms. The fourth-order valence-corrected chi connectivity index (χ4v) is 4.17. The molecule has 4 rings (SSSR count). The Morgan fingerprint density at radius 3 is 2.33 bits per heavy atom. The van der Waals surface area contributed by atoms with Gasteiger partial charge in [-0.25, -0.2) is 17.4 Å². The predicted molar refractivity (Wildman–Crippen MR) is 124 cm³/mol. The minimum absolute atomic E-state index is 0.196. The van der Waals surface area contributed by atoms with Gasteiger partial charge in [0.2, 0.25) is 10.0 Å². The minimum Gasteiger partial charge on any atom is -0.460 e. The molecule has 0 fully saturated rings. The first kappa shape index (κ1) is 22.5. The van der Waals surface area contributed by atoms with E-state index in [0.29, 0.717) is 17.0 Å². The molecule has 0 atom stereocenters. The zero-order chi connectivity index (χ0) is 23.6. The van der Waals surface area contributed by atoms with Gasteiger partial charge >= 0.3 is 0 Å². The second-order valence-corrected chi connectivity index (χ2v) is 9.85. The van der Waals surface area contributed by atoms with E-state index in [2.05, 4.69) is 10.4 Å². The third-order valence-electron chi connectivity index (χ3n) is 5.11. The zero-order valence-corrected chi connectivity index (χ0v) is 19.3. The number of sulfonamides is 1. The van der Waals surface area contributed by atoms with Gasteiger partial charge in [0.15, 0.2) is 5.76 Å². The monoisotopic (exact) mass is 464 g/mol. The maximum atomic E-state index is 13.1. The summed E-state index contributed by atoms with van der Waals surface area (Å²) in [6.45, 7) is 2.06. The van der Waals surface area contributed by atoms with Crippen LogP contribution in [0.2, 0.25) is 0 Å². The average molecular weight is 465 g/mol. The standard InChI is InChI=1S/C24H24N4O4S/c1-17-9-14-22(32-17)23-21(16-28(26-23)19-7-5-4-6-8-19)24(29)25-15-18-10-12-20(13-11-18)33(30,31)27(2)3/h4-14,16H,15H2,1-3H3,(H,25,29). The third-order valence-corrected chi connectivity index (χ3v) is 6.94. The third kappa shape index (κ3) is 4.74. The van der Waals surface area contributed by atoms with E-state index < -0.39 is 10.0 Å². The number of carbonyl (C=O) groups is 1. The number of amides is 1. The predicted octanol–water partition coefficient (Wildman–Crippen LogP) is 3.62. The van der Waals surface area contributed by atoms with Gasteiger partial charge in [-0.3, -0.25) is 4.79 Å². The van der Waals surface area contributed by atoms with Gasteiger partial charge in [0.05, 0.1) is 16.1 Å². The average Bonchev–Trinajstić information content (AvgIpc) is 3.45. The Morgan fingerprint density at radius 1 is 1.03 bits per heavy atom. The van der Waals surface area contributed by atoms with Crippen molar-refractivity contribution in [2.45, 2.75) is 18.4 Å². The van der Waals surface area contributed by atoms with Crippen molar-refractivity contribution >= 4 is 15.9 Å². The van der Waals surface area contributed by atoms with E-state index in [9.17, 15) is 13.2 Å². The van der Waals surface area contributed by atoms with Crippen molar-refractivity contribution in [3.05, 3.63) is 89.8 Å². The van der Waals surface area contributed by atoms with Crippen molar-refractivity contribution in [3.63, 3.8) is 0 Å². The second kappa shape index (κ2) is 9.05. The topological polar surface area (TPSA) is 97.4 Å². The van der Waals surface area contributed by atoms with Gasteiger partial charge in [-0.15, -0.1) is 0 Å². The van der Waals surface area contributed by atoms with Crippen molar-refractivity contribution in [1.29, 1.82) is 0 Å². The SMILES string of the molecule is Cc1ccc(-c2nn(-c3ccccc3)cc2C(=O)NCc2ccc(S(=O)(=O)N(C)C)cc2)o1. The molecule has 0 saturated heterocycles. The van der Waals surface area contributed by atoms with Crippen molar-refractivity contribution < 1.29 is 17.6 Å². The molecular formula is C24H24N4O4S. The first-order chi connectivity index (χ1) is 15.8. The number of rotatable bonds is 7. The van der Waals surface area contributed by atoms with Crippen LogP contribution in [-0.2, 0) is 16.6 Å². The summed E-state index contributed by atoms with van der Waals surface area (Å²) in [7, 11) is -0.535. The summed E-state index contributed by atoms with van der Waals surface area (Å²) in [5.41, 5.74) is 2.41. The van der Waals surface area contributed by atoms with Gasteiger partial charge in [-0.1, -0.05) is 30.3 Å². The van der Waals surface area contributed by atoms with Crippen LogP contribution in [0.25, 0.3) is 17.1 Å². The van der Waals surface area contributed by atoms with Crippen molar-refractivity contribution in [2.75, 3.05) is 14.1 Å². The highest BCUT2D eigenvalue weighted by Crippen LogP contribution is 2.26. The molecule has 0 spiro atoms. The van der Waals surface area contributed by atoms with E-state index in [4.69, 9.17) is 4.42 Å². The van der Waals surface area contributed by atoms with Crippen molar-refractivity contribution in [3.8, 4) is 17.1 Å². The highest BCUT2D eigenvalue weighted by molar-refractivity contribution is 7.89. The zero-order valence-electron chi connectivity index (χ0n) is 18.5. The number of hydrogen-bond acceptors (Lipinski definition) is 5. The molecule has 0 aliphatic carbocycles. The summed E-state index contributed by atoms with van der Waals surface area (Å²) in [5, 5.41) is 7.47. The van der Waals surface area contributed by atoms with Crippen LogP contribution >= 0.6 is 0 Å². The number of hydrogen-bond donors (Lipinski definition) is 1. The smallest absolute Gasteiger partial charge is 0.255 e. The number of aromatic nitrogens is 2.